The Hall–Kier alpha value is -2.85. The molecule has 0 aliphatic carbocycles. The number of hydrogen-bond acceptors (Lipinski definition) is 5. The van der Waals surface area contributed by atoms with Gasteiger partial charge in [-0.05, 0) is 62.1 Å². The van der Waals surface area contributed by atoms with E-state index >= 15 is 0 Å². The molecule has 0 unspecified atom stereocenters. The van der Waals surface area contributed by atoms with Gasteiger partial charge in [0, 0.05) is 18.9 Å². The molecule has 0 atom stereocenters. The van der Waals surface area contributed by atoms with Gasteiger partial charge >= 0.3 is 13.3 Å². The number of fused-ring (bicyclic) bond motifs is 1. The summed E-state index contributed by atoms with van der Waals surface area (Å²) in [7, 11) is 0.334. The molecule has 0 aromatic heterocycles. The lowest BCUT2D eigenvalue weighted by molar-refractivity contribution is -0.137. The number of benzene rings is 2. The van der Waals surface area contributed by atoms with Gasteiger partial charge in [-0.1, -0.05) is 6.07 Å². The van der Waals surface area contributed by atoms with Crippen LogP contribution in [0.5, 0.6) is 0 Å². The van der Waals surface area contributed by atoms with Gasteiger partial charge in [-0.3, -0.25) is 9.80 Å². The lowest BCUT2D eigenvalue weighted by atomic mass is 9.78. The molecule has 1 amide bonds. The molecule has 0 radical (unpaired) electrons. The van der Waals surface area contributed by atoms with E-state index in [2.05, 4.69) is 10.4 Å². The molecular weight excluding hydrogens is 398 g/mol. The lowest BCUT2D eigenvalue weighted by Gasteiger charge is -2.20. The molecule has 1 aliphatic heterocycles. The Labute approximate surface area is 172 Å². The van der Waals surface area contributed by atoms with E-state index in [1.165, 1.54) is 30.4 Å². The van der Waals surface area contributed by atoms with Crippen molar-refractivity contribution in [2.24, 2.45) is 5.10 Å². The third-order valence-corrected chi connectivity index (χ3v) is 4.85. The van der Waals surface area contributed by atoms with Crippen molar-refractivity contribution in [3.63, 3.8) is 0 Å². The predicted molar refractivity (Wildman–Crippen MR) is 110 cm³/mol. The standard InChI is InChI=1S/C20H21BF3N3O3/c1-5-25-27(4)13-7-8-14(16(11-13)20(22,23)24)18(28)26-12-6-9-15-17(10-12)21(29)30-19(15,2)3/h5-11,29H,1-4H3,(H,26,28)/b25-5-. The quantitative estimate of drug-likeness (QED) is 0.453. The molecule has 0 saturated heterocycles. The number of alkyl halides is 3. The van der Waals surface area contributed by atoms with Crippen molar-refractivity contribution in [2.45, 2.75) is 32.5 Å². The molecule has 1 aliphatic rings. The Balaban J connectivity index is 1.93. The highest BCUT2D eigenvalue weighted by atomic mass is 19.4. The summed E-state index contributed by atoms with van der Waals surface area (Å²) in [6.07, 6.45) is -3.29. The maximum atomic E-state index is 13.6. The van der Waals surface area contributed by atoms with Crippen LogP contribution in [0.4, 0.5) is 24.5 Å². The molecule has 1 heterocycles. The zero-order valence-corrected chi connectivity index (χ0v) is 16.9. The number of anilines is 2. The SMILES string of the molecule is C/C=N\N(C)c1ccc(C(=O)Nc2ccc3c(c2)B(O)OC3(C)C)c(C(F)(F)F)c1. The second-order valence-corrected chi connectivity index (χ2v) is 7.36. The fraction of sp³-hybridized carbons (Fsp3) is 0.300. The van der Waals surface area contributed by atoms with Gasteiger partial charge in [-0.2, -0.15) is 18.3 Å². The molecule has 0 fully saturated rings. The monoisotopic (exact) mass is 419 g/mol. The summed E-state index contributed by atoms with van der Waals surface area (Å²) in [6, 6.07) is 8.12. The molecular formula is C20H21BF3N3O3. The molecule has 0 saturated carbocycles. The van der Waals surface area contributed by atoms with Crippen molar-refractivity contribution in [1.29, 1.82) is 0 Å². The average molecular weight is 419 g/mol. The Kier molecular flexibility index (Phi) is 5.66. The molecule has 158 valence electrons. The van der Waals surface area contributed by atoms with Crippen molar-refractivity contribution in [3.8, 4) is 0 Å². The molecule has 2 N–H and O–H groups in total. The summed E-state index contributed by atoms with van der Waals surface area (Å²) in [5.74, 6) is -0.914. The van der Waals surface area contributed by atoms with E-state index in [1.54, 1.807) is 32.9 Å². The number of rotatable bonds is 4. The van der Waals surface area contributed by atoms with Gasteiger partial charge in [0.25, 0.3) is 5.91 Å². The summed E-state index contributed by atoms with van der Waals surface area (Å²) in [6.45, 7) is 5.22. The van der Waals surface area contributed by atoms with Crippen molar-refractivity contribution in [2.75, 3.05) is 17.4 Å². The highest BCUT2D eigenvalue weighted by molar-refractivity contribution is 6.62. The molecule has 30 heavy (non-hydrogen) atoms. The molecule has 6 nitrogen and oxygen atoms in total. The Morgan fingerprint density at radius 2 is 1.97 bits per heavy atom. The topological polar surface area (TPSA) is 74.2 Å². The van der Waals surface area contributed by atoms with Crippen LogP contribution in [0.25, 0.3) is 0 Å². The van der Waals surface area contributed by atoms with Crippen LogP contribution < -0.4 is 15.8 Å². The van der Waals surface area contributed by atoms with E-state index in [9.17, 15) is 23.0 Å². The van der Waals surface area contributed by atoms with E-state index in [-0.39, 0.29) is 11.4 Å². The number of carbonyl (C=O) groups is 1. The lowest BCUT2D eigenvalue weighted by Crippen LogP contribution is -2.29. The summed E-state index contributed by atoms with van der Waals surface area (Å²) < 4.78 is 46.3. The van der Waals surface area contributed by atoms with Crippen molar-refractivity contribution < 1.29 is 27.6 Å². The maximum absolute atomic E-state index is 13.6. The van der Waals surface area contributed by atoms with Crippen molar-refractivity contribution >= 4 is 36.1 Å². The summed E-state index contributed by atoms with van der Waals surface area (Å²) in [5.41, 5.74) is -0.639. The minimum Gasteiger partial charge on any atom is -0.423 e. The number of nitrogens with zero attached hydrogens (tertiary/aromatic N) is 2. The van der Waals surface area contributed by atoms with Gasteiger partial charge in [0.15, 0.2) is 0 Å². The second kappa shape index (κ2) is 7.77. The van der Waals surface area contributed by atoms with E-state index in [1.807, 2.05) is 0 Å². The molecule has 10 heteroatoms. The van der Waals surface area contributed by atoms with Crippen LogP contribution >= 0.6 is 0 Å². The number of nitrogens with one attached hydrogen (secondary N) is 1. The van der Waals surface area contributed by atoms with E-state index < -0.39 is 35.9 Å². The number of hydrogen-bond donors (Lipinski definition) is 2. The van der Waals surface area contributed by atoms with Crippen LogP contribution in [-0.2, 0) is 16.4 Å². The minimum atomic E-state index is -4.73. The third kappa shape index (κ3) is 4.19. The Morgan fingerprint density at radius 1 is 1.27 bits per heavy atom. The van der Waals surface area contributed by atoms with Crippen molar-refractivity contribution in [1.82, 2.24) is 0 Å². The minimum absolute atomic E-state index is 0.192. The van der Waals surface area contributed by atoms with Crippen LogP contribution in [0.1, 0.15) is 42.3 Å². The van der Waals surface area contributed by atoms with Gasteiger partial charge in [0.05, 0.1) is 22.4 Å². The zero-order valence-electron chi connectivity index (χ0n) is 16.9. The first-order chi connectivity index (χ1) is 13.9. The average Bonchev–Trinajstić information content (AvgIpc) is 2.89. The van der Waals surface area contributed by atoms with Crippen LogP contribution in [0.2, 0.25) is 0 Å². The zero-order chi connectivity index (χ0) is 22.3. The fourth-order valence-electron chi connectivity index (χ4n) is 3.40. The normalized spacial score (nSPS) is 15.4. The number of hydrazone groups is 1. The number of carbonyl (C=O) groups excluding carboxylic acids is 1. The van der Waals surface area contributed by atoms with E-state index in [0.717, 1.165) is 17.7 Å². The molecule has 2 aromatic carbocycles. The first-order valence-corrected chi connectivity index (χ1v) is 9.19. The molecule has 0 spiro atoms. The smallest absolute Gasteiger partial charge is 0.423 e. The first-order valence-electron chi connectivity index (χ1n) is 9.19. The van der Waals surface area contributed by atoms with E-state index in [4.69, 9.17) is 4.65 Å². The fourth-order valence-corrected chi connectivity index (χ4v) is 3.40. The molecule has 3 rings (SSSR count). The molecule has 0 bridgehead atoms. The van der Waals surface area contributed by atoms with Crippen molar-refractivity contribution in [3.05, 3.63) is 53.1 Å². The highest BCUT2D eigenvalue weighted by Crippen LogP contribution is 2.35. The number of halogens is 3. The van der Waals surface area contributed by atoms with Gasteiger partial charge in [0.1, 0.15) is 0 Å². The van der Waals surface area contributed by atoms with E-state index in [0.29, 0.717) is 5.46 Å². The van der Waals surface area contributed by atoms with Crippen LogP contribution in [-0.4, -0.2) is 31.3 Å². The maximum Gasteiger partial charge on any atom is 0.492 e. The largest absolute Gasteiger partial charge is 0.492 e. The summed E-state index contributed by atoms with van der Waals surface area (Å²) in [5, 5.41) is 17.7. The summed E-state index contributed by atoms with van der Waals surface area (Å²) >= 11 is 0. The Morgan fingerprint density at radius 3 is 2.60 bits per heavy atom. The molecule has 2 aromatic rings. The highest BCUT2D eigenvalue weighted by Gasteiger charge is 2.41. The van der Waals surface area contributed by atoms with Gasteiger partial charge in [0.2, 0.25) is 0 Å². The first kappa shape index (κ1) is 21.9. The Bertz CT molecular complexity index is 1010. The predicted octanol–water partition coefficient (Wildman–Crippen LogP) is 3.35. The van der Waals surface area contributed by atoms with Gasteiger partial charge < -0.3 is 15.0 Å². The van der Waals surface area contributed by atoms with Crippen LogP contribution in [0.3, 0.4) is 0 Å². The third-order valence-electron chi connectivity index (χ3n) is 4.85. The second-order valence-electron chi connectivity index (χ2n) is 7.36. The summed E-state index contributed by atoms with van der Waals surface area (Å²) in [4.78, 5) is 12.6. The number of amides is 1. The van der Waals surface area contributed by atoms with Gasteiger partial charge in [-0.25, -0.2) is 0 Å². The van der Waals surface area contributed by atoms with Crippen LogP contribution in [0, 0.1) is 0 Å². The van der Waals surface area contributed by atoms with Gasteiger partial charge in [-0.15, -0.1) is 0 Å². The van der Waals surface area contributed by atoms with Crippen LogP contribution in [0.15, 0.2) is 41.5 Å².